The molecule has 10 nitrogen and oxygen atoms in total. The van der Waals surface area contributed by atoms with Gasteiger partial charge in [-0.1, -0.05) is 37.0 Å². The molecule has 1 aliphatic heterocycles. The lowest BCUT2D eigenvalue weighted by Gasteiger charge is -2.15. The first-order chi connectivity index (χ1) is 15.6. The smallest absolute Gasteiger partial charge is 0.318 e. The molecule has 0 radical (unpaired) electrons. The molecular weight excluding hydrogens is 542 g/mol. The first-order valence-electron chi connectivity index (χ1n) is 10.1. The molecule has 1 unspecified atom stereocenters. The predicted molar refractivity (Wildman–Crippen MR) is 123 cm³/mol. The SMILES string of the molecule is Brc1cc(Br)cc(CNc2ncc(-c3nnc(N4C[C@@H]5C(c6cn[nH]n6)[C@@H]5C4)o3)cn2)c1. The molecule has 1 aliphatic carbocycles. The second-order valence-corrected chi connectivity index (χ2v) is 9.80. The Morgan fingerprint density at radius 3 is 2.47 bits per heavy atom. The van der Waals surface area contributed by atoms with Crippen molar-refractivity contribution in [1.29, 1.82) is 0 Å². The zero-order valence-corrected chi connectivity index (χ0v) is 19.8. The molecule has 162 valence electrons. The highest BCUT2D eigenvalue weighted by molar-refractivity contribution is 9.11. The van der Waals surface area contributed by atoms with Gasteiger partial charge in [-0.2, -0.15) is 15.4 Å². The van der Waals surface area contributed by atoms with E-state index < -0.39 is 0 Å². The third-order valence-corrected chi connectivity index (χ3v) is 6.84. The highest BCUT2D eigenvalue weighted by Gasteiger charge is 2.58. The third-order valence-electron chi connectivity index (χ3n) is 5.93. The molecule has 4 aromatic rings. The number of nitrogens with zero attached hydrogens (tertiary/aromatic N) is 7. The van der Waals surface area contributed by atoms with Crippen LogP contribution in [0.4, 0.5) is 12.0 Å². The van der Waals surface area contributed by atoms with E-state index in [1.807, 2.05) is 24.4 Å². The number of halogens is 2. The van der Waals surface area contributed by atoms with E-state index in [0.29, 0.717) is 47.7 Å². The normalized spacial score (nSPS) is 21.6. The van der Waals surface area contributed by atoms with Crippen molar-refractivity contribution in [3.63, 3.8) is 0 Å². The van der Waals surface area contributed by atoms with Gasteiger partial charge in [-0.3, -0.25) is 0 Å². The number of benzene rings is 1. The number of rotatable bonds is 6. The van der Waals surface area contributed by atoms with Gasteiger partial charge in [-0.15, -0.1) is 5.10 Å². The largest absolute Gasteiger partial charge is 0.403 e. The maximum absolute atomic E-state index is 5.90. The number of nitrogens with one attached hydrogen (secondary N) is 2. The maximum Gasteiger partial charge on any atom is 0.318 e. The van der Waals surface area contributed by atoms with Gasteiger partial charge in [0.25, 0.3) is 5.89 Å². The van der Waals surface area contributed by atoms with E-state index in [1.165, 1.54) is 0 Å². The summed E-state index contributed by atoms with van der Waals surface area (Å²) in [5, 5.41) is 22.5. The number of piperidine rings is 1. The molecule has 0 bridgehead atoms. The first-order valence-corrected chi connectivity index (χ1v) is 11.7. The minimum Gasteiger partial charge on any atom is -0.403 e. The number of anilines is 2. The van der Waals surface area contributed by atoms with Gasteiger partial charge in [-0.05, 0) is 35.6 Å². The molecule has 2 aliphatic rings. The quantitative estimate of drug-likeness (QED) is 0.365. The van der Waals surface area contributed by atoms with Crippen LogP contribution in [0.25, 0.3) is 11.5 Å². The number of aromatic amines is 1. The number of hydrogen-bond acceptors (Lipinski definition) is 9. The van der Waals surface area contributed by atoms with Crippen LogP contribution in [0.3, 0.4) is 0 Å². The molecule has 1 aromatic carbocycles. The van der Waals surface area contributed by atoms with E-state index in [9.17, 15) is 0 Å². The molecule has 0 amide bonds. The van der Waals surface area contributed by atoms with Crippen LogP contribution >= 0.6 is 31.9 Å². The fourth-order valence-electron chi connectivity index (χ4n) is 4.38. The summed E-state index contributed by atoms with van der Waals surface area (Å²) in [6.07, 6.45) is 5.19. The van der Waals surface area contributed by atoms with Crippen LogP contribution in [0.5, 0.6) is 0 Å². The average molecular weight is 559 g/mol. The van der Waals surface area contributed by atoms with Crippen LogP contribution in [-0.4, -0.2) is 48.7 Å². The molecular formula is C20H17Br2N9O. The van der Waals surface area contributed by atoms with Crippen molar-refractivity contribution < 1.29 is 4.42 Å². The summed E-state index contributed by atoms with van der Waals surface area (Å²) in [6, 6.07) is 6.62. The van der Waals surface area contributed by atoms with E-state index >= 15 is 0 Å². The second kappa shape index (κ2) is 7.93. The van der Waals surface area contributed by atoms with E-state index in [-0.39, 0.29) is 0 Å². The highest BCUT2D eigenvalue weighted by atomic mass is 79.9. The lowest BCUT2D eigenvalue weighted by Crippen LogP contribution is -2.23. The highest BCUT2D eigenvalue weighted by Crippen LogP contribution is 2.58. The summed E-state index contributed by atoms with van der Waals surface area (Å²) in [4.78, 5) is 10.9. The zero-order chi connectivity index (χ0) is 21.7. The molecule has 2 fully saturated rings. The van der Waals surface area contributed by atoms with Crippen molar-refractivity contribution in [2.75, 3.05) is 23.3 Å². The van der Waals surface area contributed by atoms with Crippen molar-refractivity contribution in [1.82, 2.24) is 35.6 Å². The van der Waals surface area contributed by atoms with E-state index in [0.717, 1.165) is 33.3 Å². The van der Waals surface area contributed by atoms with Gasteiger partial charge in [0.15, 0.2) is 0 Å². The van der Waals surface area contributed by atoms with Crippen LogP contribution in [-0.2, 0) is 6.54 Å². The molecule has 1 saturated carbocycles. The number of fused-ring (bicyclic) bond motifs is 1. The fraction of sp³-hybridized carbons (Fsp3) is 0.300. The maximum atomic E-state index is 5.90. The summed E-state index contributed by atoms with van der Waals surface area (Å²) < 4.78 is 7.92. The summed E-state index contributed by atoms with van der Waals surface area (Å²) in [5.41, 5.74) is 2.84. The van der Waals surface area contributed by atoms with Gasteiger partial charge in [0.1, 0.15) is 0 Å². The van der Waals surface area contributed by atoms with Gasteiger partial charge in [0, 0.05) is 46.9 Å². The summed E-state index contributed by atoms with van der Waals surface area (Å²) in [6.45, 7) is 2.37. The van der Waals surface area contributed by atoms with Crippen molar-refractivity contribution >= 4 is 43.8 Å². The fourth-order valence-corrected chi connectivity index (χ4v) is 5.76. The van der Waals surface area contributed by atoms with Gasteiger partial charge in [0.05, 0.1) is 17.5 Å². The Kier molecular flexibility index (Phi) is 4.90. The van der Waals surface area contributed by atoms with Crippen molar-refractivity contribution in [2.45, 2.75) is 12.5 Å². The zero-order valence-electron chi connectivity index (χ0n) is 16.6. The van der Waals surface area contributed by atoms with Crippen molar-refractivity contribution in [3.05, 3.63) is 57.0 Å². The minimum absolute atomic E-state index is 0.413. The first kappa shape index (κ1) is 19.8. The molecule has 1 saturated heterocycles. The molecule has 4 heterocycles. The van der Waals surface area contributed by atoms with Gasteiger partial charge < -0.3 is 14.6 Å². The number of aromatic nitrogens is 7. The van der Waals surface area contributed by atoms with Crippen LogP contribution in [0.2, 0.25) is 0 Å². The van der Waals surface area contributed by atoms with Gasteiger partial charge >= 0.3 is 6.01 Å². The van der Waals surface area contributed by atoms with Crippen molar-refractivity contribution in [3.8, 4) is 11.5 Å². The van der Waals surface area contributed by atoms with E-state index in [4.69, 9.17) is 4.42 Å². The van der Waals surface area contributed by atoms with E-state index in [1.54, 1.807) is 12.4 Å². The molecule has 32 heavy (non-hydrogen) atoms. The third kappa shape index (κ3) is 3.77. The minimum atomic E-state index is 0.413. The van der Waals surface area contributed by atoms with Gasteiger partial charge in [-0.25, -0.2) is 9.97 Å². The molecule has 3 atom stereocenters. The van der Waals surface area contributed by atoms with Crippen LogP contribution in [0, 0.1) is 11.8 Å². The van der Waals surface area contributed by atoms with Gasteiger partial charge in [0.2, 0.25) is 5.95 Å². The molecule has 2 N–H and O–H groups in total. The Morgan fingerprint density at radius 1 is 1.03 bits per heavy atom. The molecule has 3 aromatic heterocycles. The van der Waals surface area contributed by atoms with Crippen molar-refractivity contribution in [2.24, 2.45) is 11.8 Å². The Morgan fingerprint density at radius 2 is 1.78 bits per heavy atom. The Hall–Kier alpha value is -2.86. The Balaban J connectivity index is 1.08. The summed E-state index contributed by atoms with van der Waals surface area (Å²) in [5.74, 6) is 2.56. The lowest BCUT2D eigenvalue weighted by atomic mass is 10.2. The standard InChI is InChI=1S/C20H17Br2N9O/c21-12-1-10(2-13(22)3-12)4-23-19-24-5-11(6-25-19)18-28-29-20(32-18)31-8-14-15(9-31)17(14)16-7-26-30-27-16/h1-3,5-7,14-15,17H,4,8-9H2,(H,23,24,25)(H,26,27,30)/t14-,15+,17?. The Bertz CT molecular complexity index is 1210. The summed E-state index contributed by atoms with van der Waals surface area (Å²) >= 11 is 6.99. The Labute approximate surface area is 199 Å². The monoisotopic (exact) mass is 557 g/mol. The second-order valence-electron chi connectivity index (χ2n) is 7.97. The van der Waals surface area contributed by atoms with E-state index in [2.05, 4.69) is 77.7 Å². The topological polar surface area (TPSA) is 122 Å². The van der Waals surface area contributed by atoms with Crippen LogP contribution in [0.15, 0.2) is 50.2 Å². The van der Waals surface area contributed by atoms with Crippen LogP contribution < -0.4 is 10.2 Å². The molecule has 0 spiro atoms. The average Bonchev–Trinajstić information content (AvgIpc) is 3.32. The number of H-pyrrole nitrogens is 1. The summed E-state index contributed by atoms with van der Waals surface area (Å²) in [7, 11) is 0. The molecule has 12 heteroatoms. The molecule has 6 rings (SSSR count). The van der Waals surface area contributed by atoms with Crippen LogP contribution in [0.1, 0.15) is 17.2 Å². The predicted octanol–water partition coefficient (Wildman–Crippen LogP) is 3.63. The lowest BCUT2D eigenvalue weighted by molar-refractivity contribution is 0.543. The number of hydrogen-bond donors (Lipinski definition) is 2.